The van der Waals surface area contributed by atoms with Gasteiger partial charge in [-0.3, -0.25) is 9.78 Å². The van der Waals surface area contributed by atoms with E-state index in [1.807, 2.05) is 0 Å². The standard InChI is InChI=1S/C13H15N3O3/c14-9-1-2-11-10(5-9)12(17)16-13(15-11)19-7-8-3-4-18-6-8/h1-2,5,8H,3-4,6-7,14H2,(H,15,16,17). The fraction of sp³-hybridized carbons (Fsp3) is 0.385. The van der Waals surface area contributed by atoms with Crippen LogP contribution >= 0.6 is 0 Å². The Bertz CT molecular complexity index is 647. The molecule has 0 radical (unpaired) electrons. The van der Waals surface area contributed by atoms with Crippen LogP contribution in [0.15, 0.2) is 23.0 Å². The van der Waals surface area contributed by atoms with Crippen LogP contribution in [-0.4, -0.2) is 29.8 Å². The molecule has 100 valence electrons. The monoisotopic (exact) mass is 261 g/mol. The number of ether oxygens (including phenoxy) is 2. The maximum atomic E-state index is 11.9. The molecule has 0 saturated carbocycles. The summed E-state index contributed by atoms with van der Waals surface area (Å²) in [6, 6.07) is 5.28. The van der Waals surface area contributed by atoms with Crippen LogP contribution in [0.5, 0.6) is 6.01 Å². The number of aromatic amines is 1. The van der Waals surface area contributed by atoms with Gasteiger partial charge in [-0.25, -0.2) is 0 Å². The lowest BCUT2D eigenvalue weighted by atomic mass is 10.1. The first kappa shape index (κ1) is 12.0. The van der Waals surface area contributed by atoms with Crippen molar-refractivity contribution in [1.82, 2.24) is 9.97 Å². The van der Waals surface area contributed by atoms with E-state index in [0.717, 1.165) is 13.0 Å². The molecule has 2 aromatic rings. The van der Waals surface area contributed by atoms with Crippen molar-refractivity contribution in [2.24, 2.45) is 5.92 Å². The zero-order chi connectivity index (χ0) is 13.2. The van der Waals surface area contributed by atoms with Crippen molar-refractivity contribution in [2.75, 3.05) is 25.6 Å². The van der Waals surface area contributed by atoms with Gasteiger partial charge in [-0.05, 0) is 24.6 Å². The molecule has 1 unspecified atom stereocenters. The molecule has 3 rings (SSSR count). The van der Waals surface area contributed by atoms with E-state index in [2.05, 4.69) is 9.97 Å². The van der Waals surface area contributed by atoms with Crippen LogP contribution in [0.4, 0.5) is 5.69 Å². The Morgan fingerprint density at radius 2 is 2.42 bits per heavy atom. The predicted molar refractivity (Wildman–Crippen MR) is 71.2 cm³/mol. The van der Waals surface area contributed by atoms with Crippen molar-refractivity contribution in [3.63, 3.8) is 0 Å². The Balaban J connectivity index is 1.84. The number of H-pyrrole nitrogens is 1. The Hall–Kier alpha value is -2.08. The minimum atomic E-state index is -0.241. The highest BCUT2D eigenvalue weighted by Gasteiger charge is 2.17. The molecule has 0 amide bonds. The molecule has 3 N–H and O–H groups in total. The summed E-state index contributed by atoms with van der Waals surface area (Å²) < 4.78 is 10.8. The van der Waals surface area contributed by atoms with E-state index in [-0.39, 0.29) is 11.6 Å². The van der Waals surface area contributed by atoms with Gasteiger partial charge in [0.15, 0.2) is 0 Å². The largest absolute Gasteiger partial charge is 0.464 e. The van der Waals surface area contributed by atoms with E-state index < -0.39 is 0 Å². The summed E-state index contributed by atoms with van der Waals surface area (Å²) in [5, 5.41) is 0.469. The summed E-state index contributed by atoms with van der Waals surface area (Å²) in [5.41, 5.74) is 6.52. The highest BCUT2D eigenvalue weighted by atomic mass is 16.5. The van der Waals surface area contributed by atoms with Crippen LogP contribution in [0.3, 0.4) is 0 Å². The molecule has 6 heteroatoms. The molecule has 2 heterocycles. The summed E-state index contributed by atoms with van der Waals surface area (Å²) in [5.74, 6) is 0.368. The number of aromatic nitrogens is 2. The summed E-state index contributed by atoms with van der Waals surface area (Å²) in [6.07, 6.45) is 0.981. The molecule has 0 spiro atoms. The zero-order valence-electron chi connectivity index (χ0n) is 10.4. The number of hydrogen-bond donors (Lipinski definition) is 2. The predicted octanol–water partition coefficient (Wildman–Crippen LogP) is 0.921. The number of fused-ring (bicyclic) bond motifs is 1. The normalized spacial score (nSPS) is 18.8. The SMILES string of the molecule is Nc1ccc2nc(OCC3CCOC3)[nH]c(=O)c2c1. The van der Waals surface area contributed by atoms with Crippen molar-refractivity contribution in [1.29, 1.82) is 0 Å². The molecule has 1 fully saturated rings. The lowest BCUT2D eigenvalue weighted by Gasteiger charge is -2.09. The average Bonchev–Trinajstić information content (AvgIpc) is 2.90. The van der Waals surface area contributed by atoms with Crippen LogP contribution in [0.2, 0.25) is 0 Å². The van der Waals surface area contributed by atoms with Gasteiger partial charge in [-0.15, -0.1) is 0 Å². The smallest absolute Gasteiger partial charge is 0.297 e. The number of benzene rings is 1. The van der Waals surface area contributed by atoms with Crippen molar-refractivity contribution in [3.05, 3.63) is 28.6 Å². The van der Waals surface area contributed by atoms with Gasteiger partial charge in [0.2, 0.25) is 0 Å². The highest BCUT2D eigenvalue weighted by Crippen LogP contribution is 2.16. The third kappa shape index (κ3) is 2.53. The van der Waals surface area contributed by atoms with Crippen LogP contribution in [-0.2, 0) is 4.74 Å². The molecule has 1 aliphatic rings. The lowest BCUT2D eigenvalue weighted by Crippen LogP contribution is -2.16. The number of rotatable bonds is 3. The number of nitrogens with two attached hydrogens (primary N) is 1. The van der Waals surface area contributed by atoms with E-state index in [4.69, 9.17) is 15.2 Å². The minimum absolute atomic E-state index is 0.241. The molecular formula is C13H15N3O3. The van der Waals surface area contributed by atoms with Gasteiger partial charge in [0.1, 0.15) is 0 Å². The van der Waals surface area contributed by atoms with Crippen LogP contribution in [0.1, 0.15) is 6.42 Å². The maximum absolute atomic E-state index is 11.9. The van der Waals surface area contributed by atoms with Gasteiger partial charge in [-0.1, -0.05) is 0 Å². The molecule has 1 aromatic heterocycles. The molecule has 19 heavy (non-hydrogen) atoms. The minimum Gasteiger partial charge on any atom is -0.464 e. The molecule has 0 aliphatic carbocycles. The first-order valence-corrected chi connectivity index (χ1v) is 6.22. The van der Waals surface area contributed by atoms with Crippen molar-refractivity contribution in [3.8, 4) is 6.01 Å². The number of nitrogen functional groups attached to an aromatic ring is 1. The van der Waals surface area contributed by atoms with E-state index in [0.29, 0.717) is 35.7 Å². The van der Waals surface area contributed by atoms with Gasteiger partial charge < -0.3 is 15.2 Å². The Morgan fingerprint density at radius 1 is 1.53 bits per heavy atom. The highest BCUT2D eigenvalue weighted by molar-refractivity contribution is 5.81. The summed E-state index contributed by atoms with van der Waals surface area (Å²) in [7, 11) is 0. The molecule has 1 saturated heterocycles. The number of hydrogen-bond acceptors (Lipinski definition) is 5. The van der Waals surface area contributed by atoms with Gasteiger partial charge in [0.25, 0.3) is 11.6 Å². The van der Waals surface area contributed by atoms with Gasteiger partial charge in [0, 0.05) is 18.2 Å². The van der Waals surface area contributed by atoms with Gasteiger partial charge in [-0.2, -0.15) is 4.98 Å². The number of anilines is 1. The Morgan fingerprint density at radius 3 is 3.21 bits per heavy atom. The topological polar surface area (TPSA) is 90.2 Å². The van der Waals surface area contributed by atoms with Crippen molar-refractivity contribution < 1.29 is 9.47 Å². The first-order valence-electron chi connectivity index (χ1n) is 6.22. The summed E-state index contributed by atoms with van der Waals surface area (Å²) in [4.78, 5) is 18.8. The van der Waals surface area contributed by atoms with E-state index in [1.54, 1.807) is 18.2 Å². The Labute approximate surface area is 109 Å². The van der Waals surface area contributed by atoms with Crippen LogP contribution in [0, 0.1) is 5.92 Å². The molecule has 6 nitrogen and oxygen atoms in total. The molecular weight excluding hydrogens is 246 g/mol. The third-order valence-electron chi connectivity index (χ3n) is 3.19. The van der Waals surface area contributed by atoms with Crippen LogP contribution in [0.25, 0.3) is 10.9 Å². The van der Waals surface area contributed by atoms with Crippen LogP contribution < -0.4 is 16.0 Å². The fourth-order valence-corrected chi connectivity index (χ4v) is 2.11. The molecule has 1 atom stereocenters. The fourth-order valence-electron chi connectivity index (χ4n) is 2.11. The molecule has 1 aromatic carbocycles. The van der Waals surface area contributed by atoms with E-state index >= 15 is 0 Å². The Kier molecular flexibility index (Phi) is 3.08. The second-order valence-corrected chi connectivity index (χ2v) is 4.69. The lowest BCUT2D eigenvalue weighted by molar-refractivity contribution is 0.163. The first-order chi connectivity index (χ1) is 9.22. The maximum Gasteiger partial charge on any atom is 0.297 e. The van der Waals surface area contributed by atoms with Gasteiger partial charge >= 0.3 is 0 Å². The quantitative estimate of drug-likeness (QED) is 0.802. The molecule has 0 bridgehead atoms. The second-order valence-electron chi connectivity index (χ2n) is 4.69. The summed E-state index contributed by atoms with van der Waals surface area (Å²) in [6.45, 7) is 1.98. The van der Waals surface area contributed by atoms with E-state index in [1.165, 1.54) is 0 Å². The van der Waals surface area contributed by atoms with E-state index in [9.17, 15) is 4.79 Å². The van der Waals surface area contributed by atoms with Gasteiger partial charge in [0.05, 0.1) is 24.1 Å². The summed E-state index contributed by atoms with van der Waals surface area (Å²) >= 11 is 0. The third-order valence-corrected chi connectivity index (χ3v) is 3.19. The number of nitrogens with zero attached hydrogens (tertiary/aromatic N) is 1. The molecule has 1 aliphatic heterocycles. The average molecular weight is 261 g/mol. The number of nitrogens with one attached hydrogen (secondary N) is 1. The zero-order valence-corrected chi connectivity index (χ0v) is 10.4. The van der Waals surface area contributed by atoms with Crippen molar-refractivity contribution in [2.45, 2.75) is 6.42 Å². The second kappa shape index (κ2) is 4.89. The van der Waals surface area contributed by atoms with Crippen molar-refractivity contribution >= 4 is 16.6 Å².